The van der Waals surface area contributed by atoms with Gasteiger partial charge in [-0.15, -0.1) is 11.3 Å². The van der Waals surface area contributed by atoms with Gasteiger partial charge in [0.05, 0.1) is 11.7 Å². The minimum Gasteiger partial charge on any atom is -0.393 e. The lowest BCUT2D eigenvalue weighted by Gasteiger charge is -2.71. The fourth-order valence-corrected chi connectivity index (χ4v) is 18.9. The standard InChI is InChI=1S/C50H59NO5S2/c1-45-17-14-39(52)29-48(45)20-21-50(40(30-48)44(53)38-12-10-37(11-13-38)36-7-4-3-5-8-36)41(45)15-18-46(2)42(50)16-19-49(46,54)32-51(58(55,56)43-9-6-22-57-43)31-47-26-33-23-34(27-47)25-35(24-33)28-47/h3-13,20-22,30,33-35,39,41-42,52,54H,14-19,23-29,31-32H2,1-2H3/t33?,34?,35?,39?,41-,42-,45-,46+,47?,48+,49-,50-/m1/s1. The zero-order valence-electron chi connectivity index (χ0n) is 34.1. The Hall–Kier alpha value is -2.88. The molecule has 13 rings (SSSR count). The van der Waals surface area contributed by atoms with Crippen molar-refractivity contribution >= 4 is 27.1 Å². The summed E-state index contributed by atoms with van der Waals surface area (Å²) in [7, 11) is -3.85. The number of benzene rings is 2. The molecule has 0 aliphatic heterocycles. The van der Waals surface area contributed by atoms with E-state index in [0.717, 1.165) is 68.1 Å². The quantitative estimate of drug-likeness (QED) is 0.166. The smallest absolute Gasteiger partial charge is 0.252 e. The molecule has 3 aromatic rings. The van der Waals surface area contributed by atoms with Gasteiger partial charge in [0.25, 0.3) is 10.0 Å². The lowest BCUT2D eigenvalue weighted by Crippen LogP contribution is -2.67. The molecule has 7 saturated carbocycles. The number of ketones is 1. The number of sulfonamides is 1. The molecule has 6 nitrogen and oxygen atoms in total. The van der Waals surface area contributed by atoms with Crippen molar-refractivity contribution in [1.82, 2.24) is 4.31 Å². The van der Waals surface area contributed by atoms with Gasteiger partial charge in [0, 0.05) is 40.5 Å². The first-order valence-corrected chi connectivity index (χ1v) is 24.6. The first kappa shape index (κ1) is 38.1. The van der Waals surface area contributed by atoms with Gasteiger partial charge in [-0.1, -0.05) is 92.7 Å². The first-order valence-electron chi connectivity index (χ1n) is 22.3. The third kappa shape index (κ3) is 5.23. The Morgan fingerprint density at radius 3 is 2.07 bits per heavy atom. The van der Waals surface area contributed by atoms with Crippen LogP contribution in [-0.4, -0.2) is 53.5 Å². The van der Waals surface area contributed by atoms with Gasteiger partial charge in [-0.05, 0) is 146 Å². The number of allylic oxidation sites excluding steroid dienone is 4. The number of Topliss-reactive ketones (excluding diaryl/α,β-unsaturated/α-hetero) is 1. The molecule has 0 radical (unpaired) electrons. The Kier molecular flexibility index (Phi) is 8.42. The maximum Gasteiger partial charge on any atom is 0.252 e. The number of thiophene rings is 1. The molecule has 1 aromatic heterocycles. The molecule has 2 aromatic carbocycles. The number of carbonyl (C=O) groups excluding carboxylic acids is 1. The second-order valence-electron chi connectivity index (χ2n) is 21.2. The summed E-state index contributed by atoms with van der Waals surface area (Å²) in [5.74, 6) is 2.24. The van der Waals surface area contributed by atoms with Crippen LogP contribution in [0.4, 0.5) is 0 Å². The average molecular weight is 818 g/mol. The van der Waals surface area contributed by atoms with Crippen LogP contribution < -0.4 is 0 Å². The van der Waals surface area contributed by atoms with Crippen molar-refractivity contribution in [2.24, 2.45) is 56.7 Å². The zero-order valence-corrected chi connectivity index (χ0v) is 35.7. The highest BCUT2D eigenvalue weighted by Gasteiger charge is 2.75. The number of aliphatic hydroxyl groups excluding tert-OH is 1. The molecule has 10 aliphatic rings. The van der Waals surface area contributed by atoms with Crippen LogP contribution in [-0.2, 0) is 10.0 Å². The molecule has 1 unspecified atom stereocenters. The molecular formula is C50H59NO5S2. The van der Waals surface area contributed by atoms with Gasteiger partial charge in [-0.3, -0.25) is 4.79 Å². The fraction of sp³-hybridized carbons (Fsp3) is 0.580. The SMILES string of the molecule is C[C@]12CC[C@H]3[C@]4(C=C[C@@]5(C=C4C(=O)c4ccc(-c6ccccc6)cc4)CC(O)CC[C@]35C)[C@@H]1CC[C@@]2(O)CN(CC12CC3CC(CC(C3)C1)C2)S(=O)(=O)c1cccs1. The monoisotopic (exact) mass is 817 g/mol. The van der Waals surface area contributed by atoms with E-state index in [9.17, 15) is 18.6 Å². The minimum absolute atomic E-state index is 0.0258. The third-order valence-electron chi connectivity index (χ3n) is 18.4. The van der Waals surface area contributed by atoms with Gasteiger partial charge in [0.2, 0.25) is 0 Å². The second-order valence-corrected chi connectivity index (χ2v) is 24.3. The van der Waals surface area contributed by atoms with Crippen molar-refractivity contribution in [3.8, 4) is 11.1 Å². The van der Waals surface area contributed by atoms with Gasteiger partial charge in [0.1, 0.15) is 4.21 Å². The topological polar surface area (TPSA) is 94.9 Å². The lowest BCUT2D eigenvalue weighted by atomic mass is 9.32. The summed E-state index contributed by atoms with van der Waals surface area (Å²) in [5, 5.41) is 26.5. The summed E-state index contributed by atoms with van der Waals surface area (Å²) >= 11 is 1.28. The van der Waals surface area contributed by atoms with Crippen molar-refractivity contribution in [1.29, 1.82) is 0 Å². The van der Waals surface area contributed by atoms with Gasteiger partial charge in [-0.2, -0.15) is 4.31 Å². The highest BCUT2D eigenvalue weighted by atomic mass is 32.2. The van der Waals surface area contributed by atoms with Crippen molar-refractivity contribution in [3.05, 3.63) is 101 Å². The number of hydrogen-bond donors (Lipinski definition) is 2. The Morgan fingerprint density at radius 1 is 0.759 bits per heavy atom. The summed E-state index contributed by atoms with van der Waals surface area (Å²) in [4.78, 5) is 15.3. The minimum atomic E-state index is -3.85. The van der Waals surface area contributed by atoms with Crippen LogP contribution in [0.2, 0.25) is 0 Å². The van der Waals surface area contributed by atoms with E-state index in [1.165, 1.54) is 30.6 Å². The van der Waals surface area contributed by atoms with E-state index in [0.29, 0.717) is 46.9 Å². The Labute approximate surface area is 348 Å². The molecule has 10 aliphatic carbocycles. The maximum absolute atomic E-state index is 15.3. The van der Waals surface area contributed by atoms with Crippen LogP contribution in [0.15, 0.2) is 100 Å². The number of aliphatic hydroxyl groups is 2. The zero-order chi connectivity index (χ0) is 39.9. The predicted octanol–water partition coefficient (Wildman–Crippen LogP) is 10.1. The lowest BCUT2D eigenvalue weighted by molar-refractivity contribution is -0.175. The molecule has 8 atom stereocenters. The van der Waals surface area contributed by atoms with Gasteiger partial charge < -0.3 is 10.2 Å². The molecule has 2 spiro atoms. The van der Waals surface area contributed by atoms with E-state index >= 15 is 4.79 Å². The van der Waals surface area contributed by atoms with E-state index < -0.39 is 38.0 Å². The van der Waals surface area contributed by atoms with Crippen LogP contribution in [0.25, 0.3) is 11.1 Å². The number of fused-ring (bicyclic) bond motifs is 1. The van der Waals surface area contributed by atoms with Crippen LogP contribution >= 0.6 is 11.3 Å². The summed E-state index contributed by atoms with van der Waals surface area (Å²) in [6, 6.07) is 21.8. The Balaban J connectivity index is 0.985. The molecule has 0 amide bonds. The third-order valence-corrected chi connectivity index (χ3v) is 21.6. The Bertz CT molecular complexity index is 2270. The predicted molar refractivity (Wildman–Crippen MR) is 228 cm³/mol. The Morgan fingerprint density at radius 2 is 1.40 bits per heavy atom. The average Bonchev–Trinajstić information content (AvgIpc) is 3.84. The molecule has 6 bridgehead atoms. The van der Waals surface area contributed by atoms with Crippen LogP contribution in [0.5, 0.6) is 0 Å². The van der Waals surface area contributed by atoms with Crippen molar-refractivity contribution in [3.63, 3.8) is 0 Å². The van der Waals surface area contributed by atoms with Crippen LogP contribution in [0.1, 0.15) is 108 Å². The highest BCUT2D eigenvalue weighted by Crippen LogP contribution is 2.78. The van der Waals surface area contributed by atoms with Gasteiger partial charge >= 0.3 is 0 Å². The van der Waals surface area contributed by atoms with Gasteiger partial charge in [-0.25, -0.2) is 8.42 Å². The molecular weight excluding hydrogens is 759 g/mol. The van der Waals surface area contributed by atoms with Crippen molar-refractivity contribution < 1.29 is 23.4 Å². The molecule has 7 fully saturated rings. The van der Waals surface area contributed by atoms with E-state index in [2.05, 4.69) is 44.2 Å². The molecule has 8 heteroatoms. The van der Waals surface area contributed by atoms with Crippen molar-refractivity contribution in [2.45, 2.75) is 113 Å². The summed E-state index contributed by atoms with van der Waals surface area (Å²) in [6.45, 7) is 5.23. The summed E-state index contributed by atoms with van der Waals surface area (Å²) < 4.78 is 31.8. The molecule has 306 valence electrons. The number of rotatable bonds is 9. The van der Waals surface area contributed by atoms with Crippen molar-refractivity contribution in [2.75, 3.05) is 13.1 Å². The molecule has 1 heterocycles. The van der Waals surface area contributed by atoms with E-state index in [4.69, 9.17) is 0 Å². The van der Waals surface area contributed by atoms with Crippen LogP contribution in [0.3, 0.4) is 0 Å². The fourth-order valence-electron chi connectivity index (χ4n) is 16.1. The van der Waals surface area contributed by atoms with E-state index in [1.54, 1.807) is 10.4 Å². The number of hydrogen-bond acceptors (Lipinski definition) is 6. The van der Waals surface area contributed by atoms with Gasteiger partial charge in [0.15, 0.2) is 5.78 Å². The summed E-state index contributed by atoms with van der Waals surface area (Å²) in [5.41, 5.74) is 0.581. The molecule has 58 heavy (non-hydrogen) atoms. The largest absolute Gasteiger partial charge is 0.393 e. The summed E-state index contributed by atoms with van der Waals surface area (Å²) in [6.07, 6.45) is 18.9. The van der Waals surface area contributed by atoms with E-state index in [1.807, 2.05) is 53.9 Å². The second kappa shape index (κ2) is 12.8. The number of nitrogens with zero attached hydrogens (tertiary/aromatic N) is 1. The maximum atomic E-state index is 15.3. The normalized spacial score (nSPS) is 43.2. The number of carbonyl (C=O) groups is 1. The molecule has 0 saturated heterocycles. The molecule has 2 N–H and O–H groups in total. The van der Waals surface area contributed by atoms with Crippen LogP contribution in [0, 0.1) is 56.7 Å². The van der Waals surface area contributed by atoms with E-state index in [-0.39, 0.29) is 35.0 Å². The highest BCUT2D eigenvalue weighted by molar-refractivity contribution is 7.91. The first-order chi connectivity index (χ1) is 27.7.